The Kier molecular flexibility index (Phi) is 8.93. The van der Waals surface area contributed by atoms with E-state index >= 15 is 0 Å². The first-order valence-electron chi connectivity index (χ1n) is 13.2. The molecule has 218 valence electrons. The van der Waals surface area contributed by atoms with Crippen LogP contribution < -0.4 is 29.2 Å². The van der Waals surface area contributed by atoms with Gasteiger partial charge in [0.2, 0.25) is 0 Å². The Morgan fingerprint density at radius 3 is 2.02 bits per heavy atom. The molecule has 5 rings (SSSR count). The highest BCUT2D eigenvalue weighted by molar-refractivity contribution is 6.39. The Balaban J connectivity index is 1.30. The van der Waals surface area contributed by atoms with Gasteiger partial charge in [0.1, 0.15) is 18.8 Å². The van der Waals surface area contributed by atoms with Crippen LogP contribution in [0.3, 0.4) is 0 Å². The van der Waals surface area contributed by atoms with Gasteiger partial charge < -0.3 is 18.9 Å². The summed E-state index contributed by atoms with van der Waals surface area (Å²) >= 11 is 5.93. The zero-order valence-electron chi connectivity index (χ0n) is 23.3. The number of amides is 4. The van der Waals surface area contributed by atoms with Crippen LogP contribution in [0.5, 0.6) is 23.0 Å². The van der Waals surface area contributed by atoms with E-state index in [0.717, 1.165) is 16.0 Å². The van der Waals surface area contributed by atoms with Crippen molar-refractivity contribution in [1.82, 2.24) is 5.32 Å². The van der Waals surface area contributed by atoms with Crippen LogP contribution in [0, 0.1) is 0 Å². The normalized spacial score (nSPS) is 14.0. The van der Waals surface area contributed by atoms with Crippen LogP contribution in [0.2, 0.25) is 5.02 Å². The van der Waals surface area contributed by atoms with Crippen molar-refractivity contribution in [2.75, 3.05) is 19.1 Å². The summed E-state index contributed by atoms with van der Waals surface area (Å²) < 4.78 is 23.0. The maximum atomic E-state index is 13.2. The van der Waals surface area contributed by atoms with E-state index in [9.17, 15) is 14.4 Å². The number of benzene rings is 4. The third-order valence-corrected chi connectivity index (χ3v) is 6.80. The van der Waals surface area contributed by atoms with Crippen molar-refractivity contribution in [2.24, 2.45) is 0 Å². The van der Waals surface area contributed by atoms with Crippen molar-refractivity contribution in [2.45, 2.75) is 13.2 Å². The lowest BCUT2D eigenvalue weighted by Gasteiger charge is -2.26. The van der Waals surface area contributed by atoms with E-state index in [-0.39, 0.29) is 17.9 Å². The Morgan fingerprint density at radius 2 is 1.35 bits per heavy atom. The van der Waals surface area contributed by atoms with Gasteiger partial charge in [0.15, 0.2) is 23.0 Å². The number of hydrogen-bond acceptors (Lipinski definition) is 7. The fraction of sp³-hybridized carbons (Fsp3) is 0.121. The number of carbonyl (C=O) groups is 3. The number of rotatable bonds is 10. The summed E-state index contributed by atoms with van der Waals surface area (Å²) in [6.45, 7) is 0.626. The molecule has 0 aromatic heterocycles. The van der Waals surface area contributed by atoms with Gasteiger partial charge in [0.25, 0.3) is 11.8 Å². The van der Waals surface area contributed by atoms with Gasteiger partial charge in [-0.15, -0.1) is 0 Å². The highest BCUT2D eigenvalue weighted by atomic mass is 35.5. The number of anilines is 1. The van der Waals surface area contributed by atoms with E-state index in [1.165, 1.54) is 25.3 Å². The molecule has 0 saturated carbocycles. The first kappa shape index (κ1) is 29.2. The predicted octanol–water partition coefficient (Wildman–Crippen LogP) is 6.18. The van der Waals surface area contributed by atoms with Crippen LogP contribution in [0.15, 0.2) is 96.6 Å². The molecule has 1 aliphatic heterocycles. The molecule has 4 aromatic carbocycles. The van der Waals surface area contributed by atoms with Gasteiger partial charge in [-0.2, -0.15) is 0 Å². The fourth-order valence-electron chi connectivity index (χ4n) is 4.36. The molecule has 1 saturated heterocycles. The van der Waals surface area contributed by atoms with E-state index in [1.54, 1.807) is 37.4 Å². The lowest BCUT2D eigenvalue weighted by Crippen LogP contribution is -2.54. The summed E-state index contributed by atoms with van der Waals surface area (Å²) in [4.78, 5) is 39.1. The third-order valence-electron chi connectivity index (χ3n) is 6.54. The van der Waals surface area contributed by atoms with E-state index in [2.05, 4.69) is 5.32 Å². The van der Waals surface area contributed by atoms with Gasteiger partial charge in [-0.1, -0.05) is 54.1 Å². The maximum Gasteiger partial charge on any atom is 0.335 e. The molecule has 1 heterocycles. The molecule has 4 amide bonds. The summed E-state index contributed by atoms with van der Waals surface area (Å²) in [5, 5.41) is 2.65. The van der Waals surface area contributed by atoms with E-state index < -0.39 is 17.8 Å². The van der Waals surface area contributed by atoms with E-state index in [4.69, 9.17) is 30.5 Å². The summed E-state index contributed by atoms with van der Waals surface area (Å²) in [6, 6.07) is 25.7. The minimum atomic E-state index is -0.844. The van der Waals surface area contributed by atoms with Gasteiger partial charge in [0.05, 0.1) is 19.9 Å². The summed E-state index contributed by atoms with van der Waals surface area (Å²) in [6.07, 6.45) is 1.39. The van der Waals surface area contributed by atoms with Crippen LogP contribution in [0.4, 0.5) is 10.5 Å². The minimum absolute atomic E-state index is 0.213. The average molecular weight is 599 g/mol. The second-order valence-corrected chi connectivity index (χ2v) is 9.83. The van der Waals surface area contributed by atoms with Crippen molar-refractivity contribution in [3.05, 3.63) is 118 Å². The second kappa shape index (κ2) is 13.1. The molecule has 0 radical (unpaired) electrons. The third kappa shape index (κ3) is 6.79. The lowest BCUT2D eigenvalue weighted by molar-refractivity contribution is -0.122. The first-order valence-corrected chi connectivity index (χ1v) is 13.6. The zero-order valence-corrected chi connectivity index (χ0v) is 24.1. The summed E-state index contributed by atoms with van der Waals surface area (Å²) in [5.41, 5.74) is 2.44. The number of methoxy groups -OCH3 is 2. The van der Waals surface area contributed by atoms with Crippen LogP contribution >= 0.6 is 11.6 Å². The zero-order chi connectivity index (χ0) is 30.3. The van der Waals surface area contributed by atoms with Gasteiger partial charge in [0, 0.05) is 5.02 Å². The fourth-order valence-corrected chi connectivity index (χ4v) is 4.49. The van der Waals surface area contributed by atoms with Crippen LogP contribution in [0.25, 0.3) is 6.08 Å². The molecule has 0 bridgehead atoms. The van der Waals surface area contributed by atoms with Crippen molar-refractivity contribution in [3.63, 3.8) is 0 Å². The number of nitrogens with one attached hydrogen (secondary N) is 1. The van der Waals surface area contributed by atoms with Crippen molar-refractivity contribution < 1.29 is 33.3 Å². The van der Waals surface area contributed by atoms with Gasteiger partial charge >= 0.3 is 6.03 Å². The Bertz CT molecular complexity index is 1690. The average Bonchev–Trinajstić information content (AvgIpc) is 3.02. The summed E-state index contributed by atoms with van der Waals surface area (Å²) in [7, 11) is 3.06. The first-order chi connectivity index (χ1) is 20.9. The number of barbiturate groups is 1. The minimum Gasteiger partial charge on any atom is -0.493 e. The Morgan fingerprint density at radius 1 is 0.721 bits per heavy atom. The number of halogens is 1. The molecule has 0 atom stereocenters. The highest BCUT2D eigenvalue weighted by Crippen LogP contribution is 2.33. The molecular weight excluding hydrogens is 572 g/mol. The maximum absolute atomic E-state index is 13.2. The number of ether oxygens (including phenoxy) is 4. The molecule has 0 unspecified atom stereocenters. The van der Waals surface area contributed by atoms with E-state index in [1.807, 2.05) is 48.5 Å². The molecule has 0 spiro atoms. The van der Waals surface area contributed by atoms with Crippen LogP contribution in [-0.4, -0.2) is 32.1 Å². The number of urea groups is 1. The Labute approximate surface area is 253 Å². The molecule has 1 aliphatic rings. The van der Waals surface area contributed by atoms with Crippen LogP contribution in [0.1, 0.15) is 16.7 Å². The monoisotopic (exact) mass is 598 g/mol. The largest absolute Gasteiger partial charge is 0.493 e. The molecule has 4 aromatic rings. The number of carbonyl (C=O) groups excluding carboxylic acids is 3. The molecule has 43 heavy (non-hydrogen) atoms. The SMILES string of the molecule is COc1cc(/C=C2/C(=O)NC(=O)N(c3ccc(Cl)cc3)C2=O)ccc1OCc1ccc(OCc2ccccc2)c(OC)c1. The summed E-state index contributed by atoms with van der Waals surface area (Å²) in [5.74, 6) is 0.462. The lowest BCUT2D eigenvalue weighted by atomic mass is 10.1. The molecule has 1 N–H and O–H groups in total. The predicted molar refractivity (Wildman–Crippen MR) is 162 cm³/mol. The Hall–Kier alpha value is -5.28. The molecule has 10 heteroatoms. The number of hydrogen-bond donors (Lipinski definition) is 1. The second-order valence-electron chi connectivity index (χ2n) is 9.39. The van der Waals surface area contributed by atoms with Crippen LogP contribution in [-0.2, 0) is 22.8 Å². The topological polar surface area (TPSA) is 103 Å². The smallest absolute Gasteiger partial charge is 0.335 e. The van der Waals surface area contributed by atoms with Crippen molar-refractivity contribution in [1.29, 1.82) is 0 Å². The number of imide groups is 2. The quantitative estimate of drug-likeness (QED) is 0.172. The molecule has 9 nitrogen and oxygen atoms in total. The van der Waals surface area contributed by atoms with Crippen molar-refractivity contribution >= 4 is 41.2 Å². The van der Waals surface area contributed by atoms with Gasteiger partial charge in [-0.05, 0) is 71.3 Å². The highest BCUT2D eigenvalue weighted by Gasteiger charge is 2.36. The number of nitrogens with zero attached hydrogens (tertiary/aromatic N) is 1. The van der Waals surface area contributed by atoms with E-state index in [0.29, 0.717) is 40.2 Å². The van der Waals surface area contributed by atoms with Gasteiger partial charge in [-0.3, -0.25) is 14.9 Å². The molecular formula is C33H27ClN2O7. The standard InChI is InChI=1S/C33H27ClN2O7/c1-40-29-17-22(16-26-31(37)35-33(39)36(32(26)38)25-12-10-24(34)11-13-25)8-14-27(29)43-20-23-9-15-28(30(18-23)41-2)42-19-21-6-4-3-5-7-21/h3-18H,19-20H2,1-2H3,(H,35,37,39)/b26-16-. The molecule has 0 aliphatic carbocycles. The van der Waals surface area contributed by atoms with Crippen molar-refractivity contribution in [3.8, 4) is 23.0 Å². The van der Waals surface area contributed by atoms with Gasteiger partial charge in [-0.25, -0.2) is 9.69 Å². The molecule has 1 fully saturated rings.